The summed E-state index contributed by atoms with van der Waals surface area (Å²) in [5.41, 5.74) is -0.840. The van der Waals surface area contributed by atoms with Crippen molar-refractivity contribution in [1.82, 2.24) is 19.8 Å². The Hall–Kier alpha value is -1.68. The molecule has 1 aliphatic carbocycles. The van der Waals surface area contributed by atoms with E-state index in [-0.39, 0.29) is 30.8 Å². The predicted octanol–water partition coefficient (Wildman–Crippen LogP) is 0.275. The minimum atomic E-state index is -3.27. The number of hydrogen-bond donors (Lipinski definition) is 2. The summed E-state index contributed by atoms with van der Waals surface area (Å²) in [6.45, 7) is 3.15. The zero-order valence-electron chi connectivity index (χ0n) is 16.6. The van der Waals surface area contributed by atoms with Crippen molar-refractivity contribution >= 4 is 27.9 Å². The Kier molecular flexibility index (Phi) is 6.00. The van der Waals surface area contributed by atoms with E-state index in [1.54, 1.807) is 4.90 Å². The van der Waals surface area contributed by atoms with Gasteiger partial charge in [0.1, 0.15) is 12.1 Å². The highest BCUT2D eigenvalue weighted by Gasteiger charge is 2.52. The zero-order chi connectivity index (χ0) is 20.5. The van der Waals surface area contributed by atoms with E-state index in [9.17, 15) is 22.8 Å². The summed E-state index contributed by atoms with van der Waals surface area (Å²) in [5.74, 6) is 0.0115. The number of urea groups is 1. The van der Waals surface area contributed by atoms with Gasteiger partial charge in [-0.25, -0.2) is 17.9 Å². The number of piperidine rings is 1. The van der Waals surface area contributed by atoms with Crippen molar-refractivity contribution in [3.05, 3.63) is 0 Å². The Bertz CT molecular complexity index is 745. The molecule has 0 aromatic carbocycles. The molecule has 1 spiro atoms. The molecule has 28 heavy (non-hydrogen) atoms. The molecule has 9 nitrogen and oxygen atoms in total. The second kappa shape index (κ2) is 7.98. The van der Waals surface area contributed by atoms with Gasteiger partial charge in [0.05, 0.1) is 6.26 Å². The van der Waals surface area contributed by atoms with Crippen LogP contribution in [0.1, 0.15) is 45.4 Å². The van der Waals surface area contributed by atoms with Gasteiger partial charge in [-0.1, -0.05) is 6.92 Å². The number of hydrogen-bond acceptors (Lipinski definition) is 5. The maximum atomic E-state index is 12.9. The van der Waals surface area contributed by atoms with Gasteiger partial charge in [-0.2, -0.15) is 0 Å². The topological polar surface area (TPSA) is 116 Å². The van der Waals surface area contributed by atoms with Crippen molar-refractivity contribution in [3.8, 4) is 0 Å². The van der Waals surface area contributed by atoms with Crippen LogP contribution in [-0.2, 0) is 19.6 Å². The molecule has 1 unspecified atom stereocenters. The second-order valence-electron chi connectivity index (χ2n) is 8.55. The lowest BCUT2D eigenvalue weighted by atomic mass is 9.77. The third-order valence-corrected chi connectivity index (χ3v) is 6.86. The smallest absolute Gasteiger partial charge is 0.325 e. The molecule has 0 radical (unpaired) electrons. The molecular formula is C18H30N4O5S. The number of carbonyl (C=O) groups is 3. The number of amides is 4. The highest BCUT2D eigenvalue weighted by Crippen LogP contribution is 2.36. The number of rotatable bonds is 5. The van der Waals surface area contributed by atoms with Crippen LogP contribution in [0.3, 0.4) is 0 Å². The van der Waals surface area contributed by atoms with Gasteiger partial charge in [-0.15, -0.1) is 0 Å². The van der Waals surface area contributed by atoms with E-state index in [4.69, 9.17) is 0 Å². The van der Waals surface area contributed by atoms with Gasteiger partial charge in [-0.3, -0.25) is 14.5 Å². The predicted molar refractivity (Wildman–Crippen MR) is 103 cm³/mol. The minimum absolute atomic E-state index is 0.0294. The number of nitrogens with one attached hydrogen (secondary N) is 2. The summed E-state index contributed by atoms with van der Waals surface area (Å²) in [6, 6.07) is -0.486. The SMILES string of the molecule is CC1CCC2(CC1)NC(=O)N(CC(=O)N1CCCC(CNS(C)(=O)=O)C1)C2=O. The maximum Gasteiger partial charge on any atom is 0.325 e. The summed E-state index contributed by atoms with van der Waals surface area (Å²) in [4.78, 5) is 40.7. The van der Waals surface area contributed by atoms with Crippen LogP contribution in [0.2, 0.25) is 0 Å². The van der Waals surface area contributed by atoms with E-state index in [1.807, 2.05) is 0 Å². The molecule has 10 heteroatoms. The molecule has 1 atom stereocenters. The van der Waals surface area contributed by atoms with Crippen LogP contribution >= 0.6 is 0 Å². The van der Waals surface area contributed by atoms with Crippen molar-refractivity contribution in [2.45, 2.75) is 51.0 Å². The van der Waals surface area contributed by atoms with Gasteiger partial charge in [0.15, 0.2) is 0 Å². The van der Waals surface area contributed by atoms with E-state index < -0.39 is 21.6 Å². The number of imide groups is 1. The Labute approximate surface area is 166 Å². The van der Waals surface area contributed by atoms with Crippen LogP contribution < -0.4 is 10.0 Å². The quantitative estimate of drug-likeness (QED) is 0.627. The van der Waals surface area contributed by atoms with Gasteiger partial charge in [0.2, 0.25) is 15.9 Å². The average molecular weight is 415 g/mol. The highest BCUT2D eigenvalue weighted by molar-refractivity contribution is 7.88. The first-order valence-electron chi connectivity index (χ1n) is 9.96. The Morgan fingerprint density at radius 1 is 1.25 bits per heavy atom. The van der Waals surface area contributed by atoms with E-state index in [0.717, 1.165) is 36.8 Å². The molecule has 3 aliphatic rings. The Morgan fingerprint density at radius 2 is 1.93 bits per heavy atom. The van der Waals surface area contributed by atoms with Gasteiger partial charge in [0, 0.05) is 19.6 Å². The number of carbonyl (C=O) groups excluding carboxylic acids is 3. The van der Waals surface area contributed by atoms with Crippen LogP contribution in [0.4, 0.5) is 4.79 Å². The van der Waals surface area contributed by atoms with Crippen LogP contribution in [0.15, 0.2) is 0 Å². The fraction of sp³-hybridized carbons (Fsp3) is 0.833. The second-order valence-corrected chi connectivity index (χ2v) is 10.4. The molecule has 0 aromatic heterocycles. The van der Waals surface area contributed by atoms with Crippen molar-refractivity contribution in [2.75, 3.05) is 32.4 Å². The first-order chi connectivity index (χ1) is 13.1. The average Bonchev–Trinajstić information content (AvgIpc) is 2.86. The van der Waals surface area contributed by atoms with Gasteiger partial charge < -0.3 is 10.2 Å². The molecule has 2 aliphatic heterocycles. The first-order valence-corrected chi connectivity index (χ1v) is 11.9. The Balaban J connectivity index is 1.58. The molecule has 1 saturated carbocycles. The van der Waals surface area contributed by atoms with Crippen LogP contribution in [0.5, 0.6) is 0 Å². The van der Waals surface area contributed by atoms with Crippen molar-refractivity contribution in [2.24, 2.45) is 11.8 Å². The van der Waals surface area contributed by atoms with E-state index in [1.165, 1.54) is 0 Å². The Morgan fingerprint density at radius 3 is 2.57 bits per heavy atom. The fourth-order valence-corrected chi connectivity index (χ4v) is 4.91. The lowest BCUT2D eigenvalue weighted by Gasteiger charge is -2.34. The molecule has 2 heterocycles. The molecule has 0 bridgehead atoms. The molecule has 158 valence electrons. The number of nitrogens with zero attached hydrogens (tertiary/aromatic N) is 2. The largest absolute Gasteiger partial charge is 0.341 e. The van der Waals surface area contributed by atoms with Crippen LogP contribution in [0.25, 0.3) is 0 Å². The van der Waals surface area contributed by atoms with E-state index in [0.29, 0.717) is 31.8 Å². The molecule has 3 fully saturated rings. The lowest BCUT2D eigenvalue weighted by Crippen LogP contribution is -2.51. The normalized spacial score (nSPS) is 31.4. The molecular weight excluding hydrogens is 384 g/mol. The zero-order valence-corrected chi connectivity index (χ0v) is 17.4. The first kappa shape index (κ1) is 21.0. The van der Waals surface area contributed by atoms with Crippen LogP contribution in [0, 0.1) is 11.8 Å². The maximum absolute atomic E-state index is 12.9. The molecule has 2 saturated heterocycles. The molecule has 2 N–H and O–H groups in total. The lowest BCUT2D eigenvalue weighted by molar-refractivity contribution is -0.140. The highest BCUT2D eigenvalue weighted by atomic mass is 32.2. The van der Waals surface area contributed by atoms with Crippen LogP contribution in [-0.4, -0.2) is 74.0 Å². The summed E-state index contributed by atoms with van der Waals surface area (Å²) >= 11 is 0. The monoisotopic (exact) mass is 414 g/mol. The van der Waals surface area contributed by atoms with E-state index in [2.05, 4.69) is 17.0 Å². The third-order valence-electron chi connectivity index (χ3n) is 6.17. The summed E-state index contributed by atoms with van der Waals surface area (Å²) < 4.78 is 25.0. The summed E-state index contributed by atoms with van der Waals surface area (Å²) in [7, 11) is -3.27. The molecule has 4 amide bonds. The standard InChI is InChI=1S/C18H30N4O5S/c1-13-5-7-18(8-6-13)16(24)22(17(25)20-18)12-15(23)21-9-3-4-14(11-21)10-19-28(2,26)27/h13-14,19H,3-12H2,1-2H3,(H,20,25). The van der Waals surface area contributed by atoms with Crippen molar-refractivity contribution < 1.29 is 22.8 Å². The fourth-order valence-electron chi connectivity index (χ4n) is 4.38. The third kappa shape index (κ3) is 4.65. The number of sulfonamides is 1. The minimum Gasteiger partial charge on any atom is -0.341 e. The van der Waals surface area contributed by atoms with Gasteiger partial charge >= 0.3 is 6.03 Å². The molecule has 3 rings (SSSR count). The summed E-state index contributed by atoms with van der Waals surface area (Å²) in [6.07, 6.45) is 5.71. The van der Waals surface area contributed by atoms with Crippen molar-refractivity contribution in [1.29, 1.82) is 0 Å². The molecule has 0 aromatic rings. The van der Waals surface area contributed by atoms with Gasteiger partial charge in [0.25, 0.3) is 5.91 Å². The van der Waals surface area contributed by atoms with E-state index >= 15 is 0 Å². The number of likely N-dealkylation sites (tertiary alicyclic amines) is 1. The van der Waals surface area contributed by atoms with Crippen molar-refractivity contribution in [3.63, 3.8) is 0 Å². The summed E-state index contributed by atoms with van der Waals surface area (Å²) in [5, 5.41) is 2.83. The van der Waals surface area contributed by atoms with Gasteiger partial charge in [-0.05, 0) is 50.4 Å².